The standard InChI is InChI=1S/C4H11BrO3Si/c1-6-4-9(5,7-2)8-3/h4H2,1-3H3. The Kier molecular flexibility index (Phi) is 4.68. The number of halogens is 1. The van der Waals surface area contributed by atoms with Crippen molar-refractivity contribution < 1.29 is 13.6 Å². The predicted molar refractivity (Wildman–Crippen MR) is 40.6 cm³/mol. The quantitative estimate of drug-likeness (QED) is 0.512. The Hall–Kier alpha value is 0.577. The van der Waals surface area contributed by atoms with Crippen LogP contribution in [0, 0.1) is 0 Å². The molecule has 0 aromatic rings. The molecule has 0 saturated heterocycles. The smallest absolute Gasteiger partial charge is 0.388 e. The van der Waals surface area contributed by atoms with E-state index < -0.39 is 7.18 Å². The van der Waals surface area contributed by atoms with Gasteiger partial charge in [-0.15, -0.1) is 0 Å². The zero-order chi connectivity index (χ0) is 7.33. The summed E-state index contributed by atoms with van der Waals surface area (Å²) in [5, 5.41) is 0. The second kappa shape index (κ2) is 4.40. The first kappa shape index (κ1) is 9.58. The first-order valence-electron chi connectivity index (χ1n) is 2.46. The van der Waals surface area contributed by atoms with E-state index in [0.29, 0.717) is 6.23 Å². The highest BCUT2D eigenvalue weighted by Gasteiger charge is 2.32. The van der Waals surface area contributed by atoms with Crippen LogP contribution >= 0.6 is 15.3 Å². The summed E-state index contributed by atoms with van der Waals surface area (Å²) >= 11 is 3.31. The Bertz CT molecular complexity index is 76.2. The third kappa shape index (κ3) is 3.32. The molecule has 0 atom stereocenters. The minimum Gasteiger partial charge on any atom is -0.388 e. The molecule has 0 aliphatic carbocycles. The molecule has 0 spiro atoms. The van der Waals surface area contributed by atoms with E-state index in [1.807, 2.05) is 0 Å². The summed E-state index contributed by atoms with van der Waals surface area (Å²) in [6.07, 6.45) is 0.500. The van der Waals surface area contributed by atoms with Gasteiger partial charge in [0.25, 0.3) is 0 Å². The minimum atomic E-state index is -2.11. The highest BCUT2D eigenvalue weighted by molar-refractivity contribution is 9.25. The van der Waals surface area contributed by atoms with Crippen LogP contribution in [0.3, 0.4) is 0 Å². The second-order valence-electron chi connectivity index (χ2n) is 1.50. The SMILES string of the molecule is COC[Si](Br)(OC)OC. The van der Waals surface area contributed by atoms with Gasteiger partial charge in [-0.25, -0.2) is 0 Å². The maximum absolute atomic E-state index is 5.04. The fraction of sp³-hybridized carbons (Fsp3) is 1.00. The van der Waals surface area contributed by atoms with Gasteiger partial charge in [0.15, 0.2) is 0 Å². The molecule has 0 saturated carbocycles. The van der Waals surface area contributed by atoms with Crippen LogP contribution < -0.4 is 0 Å². The molecule has 0 heterocycles. The Morgan fingerprint density at radius 2 is 1.67 bits per heavy atom. The number of ether oxygens (including phenoxy) is 1. The van der Waals surface area contributed by atoms with Crippen molar-refractivity contribution in [1.29, 1.82) is 0 Å². The van der Waals surface area contributed by atoms with Crippen LogP contribution in [0.25, 0.3) is 0 Å². The molecule has 0 fully saturated rings. The molecule has 9 heavy (non-hydrogen) atoms. The second-order valence-corrected chi connectivity index (χ2v) is 7.55. The molecule has 5 heteroatoms. The van der Waals surface area contributed by atoms with Gasteiger partial charge in [0.05, 0.1) is 6.23 Å². The van der Waals surface area contributed by atoms with Crippen LogP contribution in [0.1, 0.15) is 0 Å². The molecular weight excluding hydrogens is 204 g/mol. The summed E-state index contributed by atoms with van der Waals surface area (Å²) < 4.78 is 14.9. The molecule has 0 bridgehead atoms. The predicted octanol–water partition coefficient (Wildman–Crippen LogP) is 0.799. The fourth-order valence-electron chi connectivity index (χ4n) is 0.374. The number of hydrogen-bond donors (Lipinski definition) is 0. The van der Waals surface area contributed by atoms with Crippen molar-refractivity contribution in [3.63, 3.8) is 0 Å². The average molecular weight is 215 g/mol. The summed E-state index contributed by atoms with van der Waals surface area (Å²) in [5.41, 5.74) is 0. The summed E-state index contributed by atoms with van der Waals surface area (Å²) in [5.74, 6) is 0. The van der Waals surface area contributed by atoms with Gasteiger partial charge in [-0.05, 0) is 0 Å². The highest BCUT2D eigenvalue weighted by atomic mass is 79.9. The maximum atomic E-state index is 5.04. The maximum Gasteiger partial charge on any atom is 0.440 e. The first-order valence-corrected chi connectivity index (χ1v) is 6.74. The van der Waals surface area contributed by atoms with Crippen LogP contribution in [0.15, 0.2) is 0 Å². The van der Waals surface area contributed by atoms with Crippen molar-refractivity contribution in [2.24, 2.45) is 0 Å². The van der Waals surface area contributed by atoms with E-state index in [1.165, 1.54) is 0 Å². The van der Waals surface area contributed by atoms with Crippen LogP contribution in [0.2, 0.25) is 0 Å². The average Bonchev–Trinajstić information content (AvgIpc) is 1.89. The van der Waals surface area contributed by atoms with Crippen molar-refractivity contribution in [2.75, 3.05) is 27.6 Å². The highest BCUT2D eigenvalue weighted by Crippen LogP contribution is 2.12. The zero-order valence-electron chi connectivity index (χ0n) is 5.81. The normalized spacial score (nSPS) is 12.0. The molecule has 0 N–H and O–H groups in total. The van der Waals surface area contributed by atoms with Crippen LogP contribution in [-0.4, -0.2) is 34.7 Å². The lowest BCUT2D eigenvalue weighted by Gasteiger charge is -2.18. The van der Waals surface area contributed by atoms with E-state index in [9.17, 15) is 0 Å². The molecule has 0 radical (unpaired) electrons. The number of rotatable bonds is 4. The zero-order valence-corrected chi connectivity index (χ0v) is 8.40. The first-order chi connectivity index (χ1) is 4.18. The molecular formula is C4H11BrO3Si. The Labute approximate surface area is 64.1 Å². The molecule has 56 valence electrons. The lowest BCUT2D eigenvalue weighted by molar-refractivity contribution is 0.181. The molecule has 0 rings (SSSR count). The Balaban J connectivity index is 3.62. The van der Waals surface area contributed by atoms with Crippen molar-refractivity contribution in [2.45, 2.75) is 0 Å². The monoisotopic (exact) mass is 214 g/mol. The van der Waals surface area contributed by atoms with E-state index >= 15 is 0 Å². The Morgan fingerprint density at radius 3 is 1.78 bits per heavy atom. The molecule has 0 amide bonds. The lowest BCUT2D eigenvalue weighted by Crippen LogP contribution is -2.38. The van der Waals surface area contributed by atoms with Crippen molar-refractivity contribution >= 4 is 22.5 Å². The van der Waals surface area contributed by atoms with Gasteiger partial charge in [0, 0.05) is 21.3 Å². The van der Waals surface area contributed by atoms with Gasteiger partial charge in [-0.3, -0.25) is 0 Å². The van der Waals surface area contributed by atoms with Gasteiger partial charge in [0.1, 0.15) is 0 Å². The van der Waals surface area contributed by atoms with E-state index in [4.69, 9.17) is 13.6 Å². The van der Waals surface area contributed by atoms with E-state index in [-0.39, 0.29) is 0 Å². The van der Waals surface area contributed by atoms with E-state index in [1.54, 1.807) is 21.3 Å². The molecule has 0 aromatic heterocycles. The van der Waals surface area contributed by atoms with Gasteiger partial charge in [-0.1, -0.05) is 15.3 Å². The van der Waals surface area contributed by atoms with Gasteiger partial charge < -0.3 is 13.6 Å². The third-order valence-corrected chi connectivity index (χ3v) is 5.41. The van der Waals surface area contributed by atoms with Crippen LogP contribution in [-0.2, 0) is 13.6 Å². The molecule has 0 aliphatic heterocycles. The van der Waals surface area contributed by atoms with Gasteiger partial charge in [0.2, 0.25) is 0 Å². The Morgan fingerprint density at radius 1 is 1.22 bits per heavy atom. The summed E-state index contributed by atoms with van der Waals surface area (Å²) in [6.45, 7) is 0. The van der Waals surface area contributed by atoms with Crippen LogP contribution in [0.4, 0.5) is 0 Å². The van der Waals surface area contributed by atoms with Gasteiger partial charge >= 0.3 is 7.18 Å². The summed E-state index contributed by atoms with van der Waals surface area (Å²) in [6, 6.07) is 0. The van der Waals surface area contributed by atoms with Crippen LogP contribution in [0.5, 0.6) is 0 Å². The minimum absolute atomic E-state index is 0.500. The summed E-state index contributed by atoms with van der Waals surface area (Å²) in [4.78, 5) is 0. The van der Waals surface area contributed by atoms with Crippen molar-refractivity contribution in [1.82, 2.24) is 0 Å². The largest absolute Gasteiger partial charge is 0.440 e. The molecule has 3 nitrogen and oxygen atoms in total. The molecule has 0 aliphatic rings. The van der Waals surface area contributed by atoms with E-state index in [2.05, 4.69) is 15.3 Å². The lowest BCUT2D eigenvalue weighted by atomic mass is 11.5. The molecule has 0 unspecified atom stereocenters. The molecule has 0 aromatic carbocycles. The summed E-state index contributed by atoms with van der Waals surface area (Å²) in [7, 11) is 2.71. The third-order valence-electron chi connectivity index (χ3n) is 0.926. The topological polar surface area (TPSA) is 27.7 Å². The fourth-order valence-corrected chi connectivity index (χ4v) is 1.81. The van der Waals surface area contributed by atoms with E-state index in [0.717, 1.165) is 0 Å². The number of hydrogen-bond acceptors (Lipinski definition) is 3. The van der Waals surface area contributed by atoms with Gasteiger partial charge in [-0.2, -0.15) is 0 Å². The van der Waals surface area contributed by atoms with Crippen molar-refractivity contribution in [3.8, 4) is 0 Å². The number of methoxy groups -OCH3 is 1. The van der Waals surface area contributed by atoms with Crippen molar-refractivity contribution in [3.05, 3.63) is 0 Å².